The van der Waals surface area contributed by atoms with Crippen LogP contribution >= 0.6 is 0 Å². The molecule has 4 heterocycles. The molecule has 0 amide bonds. The van der Waals surface area contributed by atoms with Crippen LogP contribution in [0, 0.1) is 0 Å². The van der Waals surface area contributed by atoms with Gasteiger partial charge in [-0.15, -0.1) is 0 Å². The van der Waals surface area contributed by atoms with Crippen molar-refractivity contribution in [2.24, 2.45) is 0 Å². The normalized spacial score (nSPS) is 21.9. The molecule has 3 aliphatic carbocycles. The van der Waals surface area contributed by atoms with E-state index in [9.17, 15) is 4.79 Å². The maximum atomic E-state index is 14.0. The first-order chi connectivity index (χ1) is 26.0. The SMILES string of the molecule is CN(C)c1ccc(C2(c3ccc(N(C)C)cc3)c3c4c(c5nc6c7nc5c3C3C6(OC7=O)C3(c3ccc(N(C)C)cc3)c3ccc(N(C)C)cc3)C42)cc1. The Kier molecular flexibility index (Phi) is 5.85. The predicted octanol–water partition coefficient (Wildman–Crippen LogP) is 7.15. The van der Waals surface area contributed by atoms with E-state index in [2.05, 4.69) is 173 Å². The van der Waals surface area contributed by atoms with Crippen molar-refractivity contribution in [2.75, 3.05) is 76.0 Å². The number of hydrogen-bond donors (Lipinski definition) is 0. The summed E-state index contributed by atoms with van der Waals surface area (Å²) in [5, 5.41) is 0. The third-order valence-electron chi connectivity index (χ3n) is 13.3. The number of hydrogen-bond acceptors (Lipinski definition) is 8. The molecule has 1 saturated carbocycles. The first-order valence-corrected chi connectivity index (χ1v) is 18.7. The lowest BCUT2D eigenvalue weighted by molar-refractivity contribution is 0.0237. The second-order valence-corrected chi connectivity index (χ2v) is 16.6. The highest BCUT2D eigenvalue weighted by atomic mass is 16.6. The Morgan fingerprint density at radius 2 is 0.926 bits per heavy atom. The Morgan fingerprint density at radius 1 is 0.519 bits per heavy atom. The highest BCUT2D eigenvalue weighted by Gasteiger charge is 2.88. The largest absolute Gasteiger partial charge is 0.446 e. The van der Waals surface area contributed by atoms with Gasteiger partial charge >= 0.3 is 5.97 Å². The van der Waals surface area contributed by atoms with Crippen molar-refractivity contribution in [3.8, 4) is 0 Å². The number of aromatic nitrogens is 2. The molecule has 6 aromatic rings. The molecule has 3 atom stereocenters. The smallest absolute Gasteiger partial charge is 0.360 e. The Bertz CT molecular complexity index is 2510. The van der Waals surface area contributed by atoms with Crippen LogP contribution in [0.15, 0.2) is 97.1 Å². The minimum absolute atomic E-state index is 0.184. The van der Waals surface area contributed by atoms with Crippen LogP contribution in [0.1, 0.15) is 72.5 Å². The van der Waals surface area contributed by atoms with E-state index in [1.807, 2.05) is 0 Å². The molecule has 3 unspecified atom stereocenters. The Morgan fingerprint density at radius 3 is 1.35 bits per heavy atom. The van der Waals surface area contributed by atoms with E-state index in [1.165, 1.54) is 33.4 Å². The number of benzene rings is 5. The molecule has 0 radical (unpaired) electrons. The lowest BCUT2D eigenvalue weighted by Crippen LogP contribution is -2.38. The topological polar surface area (TPSA) is 65.0 Å². The van der Waals surface area contributed by atoms with Gasteiger partial charge in [0, 0.05) is 85.0 Å². The van der Waals surface area contributed by atoms with Crippen LogP contribution in [0.2, 0.25) is 0 Å². The summed E-state index contributed by atoms with van der Waals surface area (Å²) >= 11 is 0. The Hall–Kier alpha value is -5.89. The van der Waals surface area contributed by atoms with Gasteiger partial charge in [-0.25, -0.2) is 14.8 Å². The monoisotopic (exact) mass is 710 g/mol. The molecule has 0 saturated heterocycles. The summed E-state index contributed by atoms with van der Waals surface area (Å²) in [5.74, 6) is -0.422. The molecular weight excluding hydrogens is 669 g/mol. The minimum Gasteiger partial charge on any atom is -0.446 e. The van der Waals surface area contributed by atoms with E-state index in [1.54, 1.807) is 0 Å². The number of fused-ring (bicyclic) bond motifs is 1. The third-order valence-corrected chi connectivity index (χ3v) is 13.3. The molecule has 0 N–H and O–H groups in total. The van der Waals surface area contributed by atoms with Gasteiger partial charge in [-0.1, -0.05) is 48.5 Å². The van der Waals surface area contributed by atoms with Gasteiger partial charge in [0.25, 0.3) is 0 Å². The van der Waals surface area contributed by atoms with Crippen LogP contribution in [-0.4, -0.2) is 72.3 Å². The van der Waals surface area contributed by atoms with Crippen molar-refractivity contribution in [3.63, 3.8) is 0 Å². The molecule has 3 aliphatic heterocycles. The molecule has 1 fully saturated rings. The highest BCUT2D eigenvalue weighted by Crippen LogP contribution is 2.86. The first-order valence-electron chi connectivity index (χ1n) is 18.7. The summed E-state index contributed by atoms with van der Waals surface area (Å²) in [7, 11) is 16.6. The molecule has 8 nitrogen and oxygen atoms in total. The van der Waals surface area contributed by atoms with Crippen molar-refractivity contribution >= 4 is 39.8 Å². The molecule has 1 aromatic heterocycles. The summed E-state index contributed by atoms with van der Waals surface area (Å²) in [5.41, 5.74) is 15.1. The van der Waals surface area contributed by atoms with Crippen LogP contribution < -0.4 is 19.6 Å². The van der Waals surface area contributed by atoms with Gasteiger partial charge in [-0.05, 0) is 93.0 Å². The Balaban J connectivity index is 1.23. The summed E-state index contributed by atoms with van der Waals surface area (Å²) < 4.78 is 6.81. The van der Waals surface area contributed by atoms with Crippen molar-refractivity contribution in [3.05, 3.63) is 153 Å². The molecule has 8 heteroatoms. The van der Waals surface area contributed by atoms with Crippen LogP contribution in [0.4, 0.5) is 22.7 Å². The van der Waals surface area contributed by atoms with Crippen LogP contribution in [0.25, 0.3) is 11.0 Å². The standard InChI is InChI=1S/C46H42N6O2/c1-49(2)29-17-9-25(10-18-29)44(26-11-19-30(20-12-26)50(3)4)36-33-34(36)38-39-35(37(33)44)41-45(27-13-21-31(22-14-27)51(5)6,28-15-23-32(24-16-28)52(7)8)46(41)42(48-38)40(47-39)43(53)54-46/h9-24,36,41H,1-8H3. The molecule has 5 aromatic carbocycles. The maximum Gasteiger partial charge on any atom is 0.360 e. The number of carbonyl (C=O) groups excluding carboxylic acids is 1. The zero-order valence-electron chi connectivity index (χ0n) is 31.9. The van der Waals surface area contributed by atoms with E-state index in [0.717, 1.165) is 44.9 Å². The maximum absolute atomic E-state index is 14.0. The molecule has 54 heavy (non-hydrogen) atoms. The number of carbonyl (C=O) groups is 1. The lowest BCUT2D eigenvalue weighted by atomic mass is 9.57. The third kappa shape index (κ3) is 3.40. The fraction of sp³-hybridized carbons (Fsp3) is 0.283. The summed E-state index contributed by atoms with van der Waals surface area (Å²) in [6.07, 6.45) is 0. The second-order valence-electron chi connectivity index (χ2n) is 16.6. The average Bonchev–Trinajstić information content (AvgIpc) is 4.01. The van der Waals surface area contributed by atoms with Gasteiger partial charge in [0.05, 0.1) is 27.8 Å². The quantitative estimate of drug-likeness (QED) is 0.155. The zero-order chi connectivity index (χ0) is 37.2. The van der Waals surface area contributed by atoms with Crippen LogP contribution in [0.3, 0.4) is 0 Å². The lowest BCUT2D eigenvalue weighted by Gasteiger charge is -2.44. The summed E-state index contributed by atoms with van der Waals surface area (Å²) in [6.45, 7) is 0. The number of rotatable bonds is 8. The first kappa shape index (κ1) is 31.6. The van der Waals surface area contributed by atoms with Crippen LogP contribution in [-0.2, 0) is 21.2 Å². The van der Waals surface area contributed by atoms with Gasteiger partial charge in [-0.2, -0.15) is 0 Å². The van der Waals surface area contributed by atoms with Crippen molar-refractivity contribution in [2.45, 2.75) is 28.3 Å². The van der Waals surface area contributed by atoms with Crippen molar-refractivity contribution in [1.82, 2.24) is 9.97 Å². The molecule has 1 spiro atoms. The van der Waals surface area contributed by atoms with E-state index in [-0.39, 0.29) is 17.8 Å². The number of esters is 1. The van der Waals surface area contributed by atoms with Gasteiger partial charge in [0.15, 0.2) is 11.3 Å². The zero-order valence-corrected chi connectivity index (χ0v) is 31.9. The fourth-order valence-corrected chi connectivity index (χ4v) is 10.8. The second kappa shape index (κ2) is 9.99. The Labute approximate surface area is 315 Å². The van der Waals surface area contributed by atoms with Gasteiger partial charge in [0.2, 0.25) is 0 Å². The van der Waals surface area contributed by atoms with Crippen molar-refractivity contribution < 1.29 is 9.53 Å². The average molecular weight is 711 g/mol. The molecule has 6 bridgehead atoms. The molecular formula is C46H42N6O2. The minimum atomic E-state index is -1.04. The van der Waals surface area contributed by atoms with Gasteiger partial charge in [-0.3, -0.25) is 0 Å². The van der Waals surface area contributed by atoms with Crippen LogP contribution in [0.5, 0.6) is 0 Å². The molecule has 268 valence electrons. The predicted molar refractivity (Wildman–Crippen MR) is 215 cm³/mol. The summed E-state index contributed by atoms with van der Waals surface area (Å²) in [6, 6.07) is 35.9. The summed E-state index contributed by atoms with van der Waals surface area (Å²) in [4.78, 5) is 33.3. The van der Waals surface area contributed by atoms with E-state index in [0.29, 0.717) is 11.4 Å². The van der Waals surface area contributed by atoms with E-state index < -0.39 is 16.4 Å². The number of nitrogens with zero attached hydrogens (tertiary/aromatic N) is 6. The van der Waals surface area contributed by atoms with Gasteiger partial charge in [0.1, 0.15) is 5.69 Å². The number of ether oxygens (including phenoxy) is 1. The fourth-order valence-electron chi connectivity index (χ4n) is 10.8. The van der Waals surface area contributed by atoms with E-state index in [4.69, 9.17) is 14.7 Å². The van der Waals surface area contributed by atoms with E-state index >= 15 is 0 Å². The van der Waals surface area contributed by atoms with Crippen molar-refractivity contribution in [1.29, 1.82) is 0 Å². The van der Waals surface area contributed by atoms with Gasteiger partial charge < -0.3 is 24.3 Å². The number of anilines is 4. The molecule has 12 rings (SSSR count). The molecule has 6 aliphatic rings. The highest BCUT2D eigenvalue weighted by molar-refractivity contribution is 6.06.